The van der Waals surface area contributed by atoms with E-state index in [1.807, 2.05) is 18.2 Å². The number of nitrogens with two attached hydrogens (primary N) is 1. The zero-order valence-electron chi connectivity index (χ0n) is 17.1. The summed E-state index contributed by atoms with van der Waals surface area (Å²) < 4.78 is 38.8. The first-order chi connectivity index (χ1) is 14.9. The fraction of sp³-hybridized carbons (Fsp3) is 0.292. The van der Waals surface area contributed by atoms with E-state index in [9.17, 15) is 13.2 Å². The molecule has 0 spiro atoms. The van der Waals surface area contributed by atoms with Crippen molar-refractivity contribution in [3.05, 3.63) is 71.9 Å². The maximum atomic E-state index is 12.9. The van der Waals surface area contributed by atoms with Crippen LogP contribution in [-0.4, -0.2) is 18.1 Å². The number of hydrogen-bond donors (Lipinski definition) is 2. The van der Waals surface area contributed by atoms with E-state index in [1.54, 1.807) is 18.3 Å². The predicted octanol–water partition coefficient (Wildman–Crippen LogP) is 5.95. The van der Waals surface area contributed by atoms with Crippen LogP contribution < -0.4 is 16.0 Å². The van der Waals surface area contributed by atoms with E-state index < -0.39 is 11.7 Å². The predicted molar refractivity (Wildman–Crippen MR) is 119 cm³/mol. The van der Waals surface area contributed by atoms with Crippen LogP contribution in [-0.2, 0) is 12.7 Å². The standard InChI is InChI=1S/C24H25F3N4/c25-24(26,27)18-6-4-5-17(13-18)16-30-19-9-10-29-23(14-19)21-15-20(7-8-22(21)28)31-11-2-1-3-12-31/h4-10,13-15H,1-3,11-12,16,28H2,(H,29,30). The average Bonchev–Trinajstić information content (AvgIpc) is 2.78. The van der Waals surface area contributed by atoms with Crippen molar-refractivity contribution in [2.75, 3.05) is 29.0 Å². The van der Waals surface area contributed by atoms with Gasteiger partial charge in [0.15, 0.2) is 0 Å². The molecule has 0 radical (unpaired) electrons. The zero-order chi connectivity index (χ0) is 21.8. The summed E-state index contributed by atoms with van der Waals surface area (Å²) in [5.74, 6) is 0. The van der Waals surface area contributed by atoms with Gasteiger partial charge in [0.05, 0.1) is 11.3 Å². The first-order valence-corrected chi connectivity index (χ1v) is 10.4. The molecule has 162 valence electrons. The van der Waals surface area contributed by atoms with Crippen LogP contribution in [0.2, 0.25) is 0 Å². The number of nitrogens with zero attached hydrogens (tertiary/aromatic N) is 2. The largest absolute Gasteiger partial charge is 0.416 e. The lowest BCUT2D eigenvalue weighted by Crippen LogP contribution is -2.29. The fourth-order valence-corrected chi connectivity index (χ4v) is 3.86. The lowest BCUT2D eigenvalue weighted by Gasteiger charge is -2.29. The second kappa shape index (κ2) is 8.88. The lowest BCUT2D eigenvalue weighted by atomic mass is 10.0. The first kappa shape index (κ1) is 21.0. The molecular weight excluding hydrogens is 401 g/mol. The smallest absolute Gasteiger partial charge is 0.398 e. The first-order valence-electron chi connectivity index (χ1n) is 10.4. The van der Waals surface area contributed by atoms with Crippen molar-refractivity contribution in [1.82, 2.24) is 4.98 Å². The van der Waals surface area contributed by atoms with E-state index in [-0.39, 0.29) is 6.54 Å². The van der Waals surface area contributed by atoms with Crippen LogP contribution in [0.4, 0.5) is 30.2 Å². The quantitative estimate of drug-likeness (QED) is 0.495. The van der Waals surface area contributed by atoms with Crippen LogP contribution in [0, 0.1) is 0 Å². The van der Waals surface area contributed by atoms with Crippen molar-refractivity contribution in [3.63, 3.8) is 0 Å². The zero-order valence-corrected chi connectivity index (χ0v) is 17.1. The molecule has 0 aliphatic carbocycles. The molecule has 3 N–H and O–H groups in total. The van der Waals surface area contributed by atoms with Gasteiger partial charge in [-0.25, -0.2) is 0 Å². The molecule has 7 heteroatoms. The van der Waals surface area contributed by atoms with Crippen molar-refractivity contribution < 1.29 is 13.2 Å². The molecule has 2 heterocycles. The van der Waals surface area contributed by atoms with Crippen molar-refractivity contribution in [2.24, 2.45) is 0 Å². The molecule has 31 heavy (non-hydrogen) atoms. The second-order valence-corrected chi connectivity index (χ2v) is 7.80. The third-order valence-corrected chi connectivity index (χ3v) is 5.54. The van der Waals surface area contributed by atoms with Crippen LogP contribution >= 0.6 is 0 Å². The van der Waals surface area contributed by atoms with Crippen molar-refractivity contribution in [1.29, 1.82) is 0 Å². The summed E-state index contributed by atoms with van der Waals surface area (Å²) in [6.45, 7) is 2.35. The van der Waals surface area contributed by atoms with Gasteiger partial charge in [-0.05, 0) is 67.3 Å². The number of nitrogens with one attached hydrogen (secondary N) is 1. The number of benzene rings is 2. The van der Waals surface area contributed by atoms with E-state index in [0.29, 0.717) is 11.3 Å². The number of piperidine rings is 1. The van der Waals surface area contributed by atoms with Crippen LogP contribution in [0.3, 0.4) is 0 Å². The molecule has 0 atom stereocenters. The van der Waals surface area contributed by atoms with E-state index in [2.05, 4.69) is 21.3 Å². The van der Waals surface area contributed by atoms with Crippen molar-refractivity contribution >= 4 is 17.1 Å². The van der Waals surface area contributed by atoms with Crippen LogP contribution in [0.25, 0.3) is 11.3 Å². The van der Waals surface area contributed by atoms with Gasteiger partial charge in [-0.1, -0.05) is 12.1 Å². The maximum Gasteiger partial charge on any atom is 0.416 e. The van der Waals surface area contributed by atoms with E-state index in [1.165, 1.54) is 25.3 Å². The number of alkyl halides is 3. The maximum absolute atomic E-state index is 12.9. The average molecular weight is 426 g/mol. The molecule has 4 rings (SSSR count). The number of aromatic nitrogens is 1. The Morgan fingerprint density at radius 3 is 2.55 bits per heavy atom. The van der Waals surface area contributed by atoms with Crippen molar-refractivity contribution in [3.8, 4) is 11.3 Å². The Morgan fingerprint density at radius 1 is 0.968 bits per heavy atom. The van der Waals surface area contributed by atoms with Crippen molar-refractivity contribution in [2.45, 2.75) is 32.0 Å². The fourth-order valence-electron chi connectivity index (χ4n) is 3.86. The number of pyridine rings is 1. The van der Waals surface area contributed by atoms with Gasteiger partial charge in [-0.2, -0.15) is 13.2 Å². The molecule has 1 fully saturated rings. The minimum atomic E-state index is -4.35. The lowest BCUT2D eigenvalue weighted by molar-refractivity contribution is -0.137. The normalized spacial score (nSPS) is 14.5. The molecule has 0 saturated carbocycles. The number of hydrogen-bond acceptors (Lipinski definition) is 4. The molecule has 1 aliphatic rings. The molecule has 1 aromatic heterocycles. The highest BCUT2D eigenvalue weighted by Gasteiger charge is 2.30. The van der Waals surface area contributed by atoms with Gasteiger partial charge in [-0.15, -0.1) is 0 Å². The van der Waals surface area contributed by atoms with E-state index in [0.717, 1.165) is 47.9 Å². The SMILES string of the molecule is Nc1ccc(N2CCCCC2)cc1-c1cc(NCc2cccc(C(F)(F)F)c2)ccn1. The van der Waals surface area contributed by atoms with Gasteiger partial charge in [0.2, 0.25) is 0 Å². The third kappa shape index (κ3) is 5.10. The Kier molecular flexibility index (Phi) is 6.02. The molecular formula is C24H25F3N4. The van der Waals surface area contributed by atoms with Gasteiger partial charge in [0.1, 0.15) is 0 Å². The summed E-state index contributed by atoms with van der Waals surface area (Å²) in [6, 6.07) is 15.0. The molecule has 0 amide bonds. The summed E-state index contributed by atoms with van der Waals surface area (Å²) >= 11 is 0. The molecule has 0 unspecified atom stereocenters. The summed E-state index contributed by atoms with van der Waals surface area (Å²) in [6.07, 6.45) is 0.965. The third-order valence-electron chi connectivity index (χ3n) is 5.54. The Hall–Kier alpha value is -3.22. The molecule has 2 aromatic carbocycles. The van der Waals surface area contributed by atoms with Gasteiger partial charge in [-0.3, -0.25) is 4.98 Å². The summed E-state index contributed by atoms with van der Waals surface area (Å²) in [5.41, 5.74) is 10.3. The number of halogens is 3. The number of rotatable bonds is 5. The van der Waals surface area contributed by atoms with Gasteiger partial charge in [0.25, 0.3) is 0 Å². The summed E-state index contributed by atoms with van der Waals surface area (Å²) in [5, 5.41) is 3.19. The Morgan fingerprint density at radius 2 is 1.77 bits per heavy atom. The van der Waals surface area contributed by atoms with E-state index >= 15 is 0 Å². The van der Waals surface area contributed by atoms with Crippen LogP contribution in [0.15, 0.2) is 60.8 Å². The number of anilines is 3. The highest BCUT2D eigenvalue weighted by molar-refractivity contribution is 5.79. The summed E-state index contributed by atoms with van der Waals surface area (Å²) in [7, 11) is 0. The highest BCUT2D eigenvalue weighted by atomic mass is 19.4. The Balaban J connectivity index is 1.52. The topological polar surface area (TPSA) is 54.2 Å². The van der Waals surface area contributed by atoms with Crippen LogP contribution in [0.1, 0.15) is 30.4 Å². The Bertz CT molecular complexity index is 1040. The van der Waals surface area contributed by atoms with E-state index in [4.69, 9.17) is 5.73 Å². The molecule has 0 bridgehead atoms. The molecule has 1 saturated heterocycles. The van der Waals surface area contributed by atoms with Gasteiger partial charge < -0.3 is 16.0 Å². The Labute approximate surface area is 179 Å². The molecule has 4 nitrogen and oxygen atoms in total. The molecule has 3 aromatic rings. The molecule has 1 aliphatic heterocycles. The minimum Gasteiger partial charge on any atom is -0.398 e. The highest BCUT2D eigenvalue weighted by Crippen LogP contribution is 2.32. The summed E-state index contributed by atoms with van der Waals surface area (Å²) in [4.78, 5) is 6.83. The second-order valence-electron chi connectivity index (χ2n) is 7.80. The van der Waals surface area contributed by atoms with Crippen LogP contribution in [0.5, 0.6) is 0 Å². The monoisotopic (exact) mass is 426 g/mol. The van der Waals surface area contributed by atoms with Gasteiger partial charge >= 0.3 is 6.18 Å². The minimum absolute atomic E-state index is 0.274. The number of nitrogen functional groups attached to an aromatic ring is 1. The van der Waals surface area contributed by atoms with Gasteiger partial charge in [0, 0.05) is 48.5 Å².